The maximum absolute atomic E-state index is 6.56. The van der Waals surface area contributed by atoms with Gasteiger partial charge in [0, 0.05) is 11.6 Å². The Morgan fingerprint density at radius 3 is 2.50 bits per heavy atom. The number of aryl methyl sites for hydroxylation is 1. The van der Waals surface area contributed by atoms with E-state index in [0.717, 1.165) is 6.42 Å². The van der Waals surface area contributed by atoms with Crippen molar-refractivity contribution in [1.29, 1.82) is 0 Å². The van der Waals surface area contributed by atoms with E-state index in [1.807, 2.05) is 0 Å². The van der Waals surface area contributed by atoms with E-state index in [9.17, 15) is 0 Å². The molecule has 0 aromatic heterocycles. The zero-order chi connectivity index (χ0) is 13.2. The number of rotatable bonds is 4. The first-order valence-electron chi connectivity index (χ1n) is 7.03. The Morgan fingerprint density at radius 1 is 1.28 bits per heavy atom. The third-order valence-corrected chi connectivity index (χ3v) is 4.59. The Labute approximate surface area is 111 Å². The molecule has 1 atom stereocenters. The Morgan fingerprint density at radius 2 is 1.94 bits per heavy atom. The quantitative estimate of drug-likeness (QED) is 0.885. The second kappa shape index (κ2) is 5.41. The highest BCUT2D eigenvalue weighted by Crippen LogP contribution is 2.36. The van der Waals surface area contributed by atoms with Gasteiger partial charge in [-0.2, -0.15) is 0 Å². The van der Waals surface area contributed by atoms with Crippen molar-refractivity contribution in [3.05, 3.63) is 35.4 Å². The monoisotopic (exact) mass is 246 g/mol. The van der Waals surface area contributed by atoms with Crippen LogP contribution in [0.2, 0.25) is 0 Å². The number of hydrogen-bond donors (Lipinski definition) is 1. The van der Waals surface area contributed by atoms with Crippen LogP contribution in [-0.4, -0.2) is 30.6 Å². The number of nitrogens with two attached hydrogens (primary N) is 1. The Bertz CT molecular complexity index is 392. The molecule has 0 heterocycles. The fourth-order valence-corrected chi connectivity index (χ4v) is 3.42. The zero-order valence-corrected chi connectivity index (χ0v) is 11.9. The second-order valence-corrected chi connectivity index (χ2v) is 6.00. The first kappa shape index (κ1) is 13.6. The summed E-state index contributed by atoms with van der Waals surface area (Å²) in [6.07, 6.45) is 6.11. The van der Waals surface area contributed by atoms with Gasteiger partial charge in [-0.3, -0.25) is 0 Å². The molecule has 1 fully saturated rings. The van der Waals surface area contributed by atoms with Gasteiger partial charge in [0.2, 0.25) is 0 Å². The molecule has 2 nitrogen and oxygen atoms in total. The molecule has 1 aliphatic rings. The lowest BCUT2D eigenvalue weighted by atomic mass is 9.83. The minimum Gasteiger partial charge on any atom is -0.326 e. The van der Waals surface area contributed by atoms with Gasteiger partial charge < -0.3 is 10.6 Å². The van der Waals surface area contributed by atoms with Gasteiger partial charge in [-0.05, 0) is 45.8 Å². The molecule has 0 spiro atoms. The van der Waals surface area contributed by atoms with Crippen LogP contribution in [0.5, 0.6) is 0 Å². The van der Waals surface area contributed by atoms with Crippen molar-refractivity contribution in [1.82, 2.24) is 4.90 Å². The van der Waals surface area contributed by atoms with Crippen molar-refractivity contribution in [2.45, 2.75) is 50.6 Å². The van der Waals surface area contributed by atoms with Crippen LogP contribution < -0.4 is 5.73 Å². The maximum atomic E-state index is 6.56. The van der Waals surface area contributed by atoms with Gasteiger partial charge in [0.25, 0.3) is 0 Å². The SMILES string of the molecule is Cc1cccc(CC(N)C2(N(C)C)CCCC2)c1. The molecule has 0 amide bonds. The van der Waals surface area contributed by atoms with Crippen molar-refractivity contribution in [3.63, 3.8) is 0 Å². The average Bonchev–Trinajstić information content (AvgIpc) is 2.79. The molecule has 0 aliphatic heterocycles. The average molecular weight is 246 g/mol. The van der Waals surface area contributed by atoms with Gasteiger partial charge in [0.1, 0.15) is 0 Å². The van der Waals surface area contributed by atoms with Crippen LogP contribution in [0.1, 0.15) is 36.8 Å². The van der Waals surface area contributed by atoms with Crippen LogP contribution in [0, 0.1) is 6.92 Å². The predicted octanol–water partition coefficient (Wildman–Crippen LogP) is 2.74. The van der Waals surface area contributed by atoms with E-state index in [1.54, 1.807) is 0 Å². The van der Waals surface area contributed by atoms with Crippen LogP contribution in [0.4, 0.5) is 0 Å². The minimum atomic E-state index is 0.212. The first-order valence-corrected chi connectivity index (χ1v) is 7.03. The normalized spacial score (nSPS) is 20.3. The van der Waals surface area contributed by atoms with E-state index in [1.165, 1.54) is 36.8 Å². The lowest BCUT2D eigenvalue weighted by Gasteiger charge is -2.41. The summed E-state index contributed by atoms with van der Waals surface area (Å²) in [5.74, 6) is 0. The molecular formula is C16H26N2. The van der Waals surface area contributed by atoms with Crippen LogP contribution in [0.3, 0.4) is 0 Å². The molecule has 18 heavy (non-hydrogen) atoms. The highest BCUT2D eigenvalue weighted by atomic mass is 15.2. The van der Waals surface area contributed by atoms with Gasteiger partial charge in [0.05, 0.1) is 0 Å². The van der Waals surface area contributed by atoms with Crippen molar-refractivity contribution in [2.75, 3.05) is 14.1 Å². The zero-order valence-electron chi connectivity index (χ0n) is 11.9. The molecule has 0 saturated heterocycles. The molecule has 1 aromatic rings. The summed E-state index contributed by atoms with van der Waals surface area (Å²) in [7, 11) is 4.36. The third-order valence-electron chi connectivity index (χ3n) is 4.59. The molecule has 0 bridgehead atoms. The number of likely N-dealkylation sites (N-methyl/N-ethyl adjacent to an activating group) is 1. The van der Waals surface area contributed by atoms with E-state index >= 15 is 0 Å². The van der Waals surface area contributed by atoms with Crippen molar-refractivity contribution >= 4 is 0 Å². The molecular weight excluding hydrogens is 220 g/mol. The lowest BCUT2D eigenvalue weighted by Crippen LogP contribution is -2.56. The van der Waals surface area contributed by atoms with Gasteiger partial charge in [0.15, 0.2) is 0 Å². The summed E-state index contributed by atoms with van der Waals surface area (Å²) in [5, 5.41) is 0. The van der Waals surface area contributed by atoms with Crippen molar-refractivity contribution in [3.8, 4) is 0 Å². The summed E-state index contributed by atoms with van der Waals surface area (Å²) in [5.41, 5.74) is 9.46. The second-order valence-electron chi connectivity index (χ2n) is 6.00. The molecule has 0 radical (unpaired) electrons. The Kier molecular flexibility index (Phi) is 4.08. The molecule has 2 N–H and O–H groups in total. The fourth-order valence-electron chi connectivity index (χ4n) is 3.42. The lowest BCUT2D eigenvalue weighted by molar-refractivity contribution is 0.123. The standard InChI is InChI=1S/C16H26N2/c1-13-7-6-8-14(11-13)12-15(17)16(18(2)3)9-4-5-10-16/h6-8,11,15H,4-5,9-10,12,17H2,1-3H3. The minimum absolute atomic E-state index is 0.212. The van der Waals surface area contributed by atoms with Crippen molar-refractivity contribution in [2.24, 2.45) is 5.73 Å². The molecule has 1 saturated carbocycles. The van der Waals surface area contributed by atoms with Gasteiger partial charge in [-0.25, -0.2) is 0 Å². The van der Waals surface area contributed by atoms with E-state index in [0.29, 0.717) is 0 Å². The maximum Gasteiger partial charge on any atom is 0.0357 e. The largest absolute Gasteiger partial charge is 0.326 e. The molecule has 2 rings (SSSR count). The van der Waals surface area contributed by atoms with Crippen LogP contribution in [-0.2, 0) is 6.42 Å². The third kappa shape index (κ3) is 2.60. The molecule has 2 heteroatoms. The number of hydrogen-bond acceptors (Lipinski definition) is 2. The van der Waals surface area contributed by atoms with E-state index in [-0.39, 0.29) is 11.6 Å². The summed E-state index contributed by atoms with van der Waals surface area (Å²) < 4.78 is 0. The van der Waals surface area contributed by atoms with E-state index in [4.69, 9.17) is 5.73 Å². The smallest absolute Gasteiger partial charge is 0.0357 e. The Hall–Kier alpha value is -0.860. The van der Waals surface area contributed by atoms with E-state index in [2.05, 4.69) is 50.2 Å². The highest BCUT2D eigenvalue weighted by Gasteiger charge is 2.41. The number of nitrogens with zero attached hydrogens (tertiary/aromatic N) is 1. The van der Waals surface area contributed by atoms with Crippen LogP contribution in [0.25, 0.3) is 0 Å². The Balaban J connectivity index is 2.13. The van der Waals surface area contributed by atoms with E-state index < -0.39 is 0 Å². The summed E-state index contributed by atoms with van der Waals surface area (Å²) in [6.45, 7) is 2.15. The van der Waals surface area contributed by atoms with Gasteiger partial charge in [-0.1, -0.05) is 42.7 Å². The topological polar surface area (TPSA) is 29.3 Å². The molecule has 1 aromatic carbocycles. The van der Waals surface area contributed by atoms with Crippen molar-refractivity contribution < 1.29 is 0 Å². The van der Waals surface area contributed by atoms with Crippen LogP contribution >= 0.6 is 0 Å². The van der Waals surface area contributed by atoms with Gasteiger partial charge in [-0.15, -0.1) is 0 Å². The molecule has 1 unspecified atom stereocenters. The fraction of sp³-hybridized carbons (Fsp3) is 0.625. The van der Waals surface area contributed by atoms with Crippen LogP contribution in [0.15, 0.2) is 24.3 Å². The summed E-state index contributed by atoms with van der Waals surface area (Å²) in [4.78, 5) is 2.36. The molecule has 100 valence electrons. The summed E-state index contributed by atoms with van der Waals surface area (Å²) in [6, 6.07) is 8.97. The van der Waals surface area contributed by atoms with Gasteiger partial charge >= 0.3 is 0 Å². The predicted molar refractivity (Wildman–Crippen MR) is 77.7 cm³/mol. The molecule has 1 aliphatic carbocycles. The highest BCUT2D eigenvalue weighted by molar-refractivity contribution is 5.24. The number of benzene rings is 1. The summed E-state index contributed by atoms with van der Waals surface area (Å²) >= 11 is 0. The first-order chi connectivity index (χ1) is 8.54.